The highest BCUT2D eigenvalue weighted by molar-refractivity contribution is 14.0. The van der Waals surface area contributed by atoms with Gasteiger partial charge in [-0.2, -0.15) is 0 Å². The Morgan fingerprint density at radius 2 is 2.11 bits per heavy atom. The van der Waals surface area contributed by atoms with Crippen molar-refractivity contribution in [2.75, 3.05) is 18.1 Å². The number of guanidine groups is 1. The highest BCUT2D eigenvalue weighted by Crippen LogP contribution is 2.33. The summed E-state index contributed by atoms with van der Waals surface area (Å²) in [5, 5.41) is 13.0. The van der Waals surface area contributed by atoms with Crippen LogP contribution in [0.15, 0.2) is 34.4 Å². The van der Waals surface area contributed by atoms with E-state index in [2.05, 4.69) is 50.4 Å². The van der Waals surface area contributed by atoms with Crippen molar-refractivity contribution in [1.82, 2.24) is 14.8 Å². The number of hydrogen-bond donors (Lipinski definition) is 2. The van der Waals surface area contributed by atoms with Crippen molar-refractivity contribution < 1.29 is 0 Å². The summed E-state index contributed by atoms with van der Waals surface area (Å²) < 4.78 is 2.36. The Balaban J connectivity index is 0.00000280. The van der Waals surface area contributed by atoms with Crippen LogP contribution in [0.4, 0.5) is 5.69 Å². The molecule has 3 rings (SSSR count). The molecule has 0 spiro atoms. The first-order valence-electron chi connectivity index (χ1n) is 9.85. The Hall–Kier alpha value is -1.29. The molecular formula is C20H31IN6S. The SMILES string of the molecule is CCc1cccc(NC(N)=NCCCc2nnc(SC)n2C2CCCC2)c1.I. The minimum atomic E-state index is 0. The van der Waals surface area contributed by atoms with E-state index in [0.717, 1.165) is 35.9 Å². The van der Waals surface area contributed by atoms with E-state index in [1.54, 1.807) is 11.8 Å². The molecule has 0 aliphatic heterocycles. The summed E-state index contributed by atoms with van der Waals surface area (Å²) in [4.78, 5) is 4.46. The number of nitrogens with zero attached hydrogens (tertiary/aromatic N) is 4. The van der Waals surface area contributed by atoms with Crippen molar-refractivity contribution in [3.05, 3.63) is 35.7 Å². The maximum Gasteiger partial charge on any atom is 0.193 e. The molecule has 1 aromatic heterocycles. The molecule has 1 fully saturated rings. The molecular weight excluding hydrogens is 483 g/mol. The minimum absolute atomic E-state index is 0. The number of thioether (sulfide) groups is 1. The van der Waals surface area contributed by atoms with Gasteiger partial charge in [0.2, 0.25) is 0 Å². The van der Waals surface area contributed by atoms with E-state index in [1.165, 1.54) is 31.2 Å². The van der Waals surface area contributed by atoms with Crippen LogP contribution in [0.5, 0.6) is 0 Å². The second kappa shape index (κ2) is 11.6. The van der Waals surface area contributed by atoms with Gasteiger partial charge in [-0.1, -0.05) is 43.7 Å². The molecule has 0 unspecified atom stereocenters. The van der Waals surface area contributed by atoms with Gasteiger partial charge < -0.3 is 15.6 Å². The average Bonchev–Trinajstić information content (AvgIpc) is 3.34. The van der Waals surface area contributed by atoms with Gasteiger partial charge in [0.1, 0.15) is 5.82 Å². The van der Waals surface area contributed by atoms with E-state index >= 15 is 0 Å². The quantitative estimate of drug-likeness (QED) is 0.176. The number of aryl methyl sites for hydroxylation is 2. The molecule has 1 aliphatic carbocycles. The first-order chi connectivity index (χ1) is 13.2. The summed E-state index contributed by atoms with van der Waals surface area (Å²) >= 11 is 1.68. The summed E-state index contributed by atoms with van der Waals surface area (Å²) in [5.74, 6) is 1.55. The molecule has 1 saturated carbocycles. The molecule has 1 heterocycles. The largest absolute Gasteiger partial charge is 0.370 e. The third kappa shape index (κ3) is 6.10. The number of aliphatic imine (C=N–C) groups is 1. The number of rotatable bonds is 8. The van der Waals surface area contributed by atoms with E-state index in [1.807, 2.05) is 12.1 Å². The Morgan fingerprint density at radius 1 is 1.32 bits per heavy atom. The fourth-order valence-electron chi connectivity index (χ4n) is 3.64. The summed E-state index contributed by atoms with van der Waals surface area (Å²) in [6, 6.07) is 8.83. The Morgan fingerprint density at radius 3 is 2.82 bits per heavy atom. The second-order valence-electron chi connectivity index (χ2n) is 6.96. The van der Waals surface area contributed by atoms with Crippen molar-refractivity contribution in [2.45, 2.75) is 63.1 Å². The van der Waals surface area contributed by atoms with E-state index in [9.17, 15) is 0 Å². The maximum absolute atomic E-state index is 6.03. The van der Waals surface area contributed by atoms with E-state index < -0.39 is 0 Å². The third-order valence-corrected chi connectivity index (χ3v) is 5.70. The molecule has 154 valence electrons. The first kappa shape index (κ1) is 23.0. The van der Waals surface area contributed by atoms with Crippen molar-refractivity contribution in [3.8, 4) is 0 Å². The fourth-order valence-corrected chi connectivity index (χ4v) is 4.21. The number of aromatic nitrogens is 3. The number of halogens is 1. The van der Waals surface area contributed by atoms with Crippen LogP contribution >= 0.6 is 35.7 Å². The summed E-state index contributed by atoms with van der Waals surface area (Å²) in [7, 11) is 0. The molecule has 0 atom stereocenters. The lowest BCUT2D eigenvalue weighted by molar-refractivity contribution is 0.461. The van der Waals surface area contributed by atoms with E-state index in [-0.39, 0.29) is 24.0 Å². The Labute approximate surface area is 189 Å². The van der Waals surface area contributed by atoms with Crippen molar-refractivity contribution in [1.29, 1.82) is 0 Å². The average molecular weight is 514 g/mol. The smallest absolute Gasteiger partial charge is 0.193 e. The maximum atomic E-state index is 6.03. The number of anilines is 1. The monoisotopic (exact) mass is 514 g/mol. The molecule has 2 aromatic rings. The fraction of sp³-hybridized carbons (Fsp3) is 0.550. The summed E-state index contributed by atoms with van der Waals surface area (Å²) in [6.07, 6.45) is 9.97. The molecule has 0 saturated heterocycles. The van der Waals surface area contributed by atoms with Gasteiger partial charge in [0, 0.05) is 24.7 Å². The van der Waals surface area contributed by atoms with Crippen LogP contribution in [0.1, 0.15) is 56.5 Å². The van der Waals surface area contributed by atoms with E-state index in [0.29, 0.717) is 18.5 Å². The van der Waals surface area contributed by atoms with Crippen molar-refractivity contribution in [3.63, 3.8) is 0 Å². The Bertz CT molecular complexity index is 770. The van der Waals surface area contributed by atoms with Gasteiger partial charge in [0.05, 0.1) is 0 Å². The van der Waals surface area contributed by atoms with Crippen LogP contribution in [0, 0.1) is 0 Å². The number of nitrogens with one attached hydrogen (secondary N) is 1. The number of benzene rings is 1. The topological polar surface area (TPSA) is 81.1 Å². The van der Waals surface area contributed by atoms with Crippen LogP contribution in [0.2, 0.25) is 0 Å². The standard InChI is InChI=1S/C20H30N6S.HI/c1-3-15-8-6-9-16(14-15)23-19(21)22-13-7-12-18-24-25-20(27-2)26(18)17-10-4-5-11-17;/h6,8-9,14,17H,3-5,7,10-13H2,1-2H3,(H3,21,22,23);1H. The van der Waals surface area contributed by atoms with E-state index in [4.69, 9.17) is 5.73 Å². The lowest BCUT2D eigenvalue weighted by Gasteiger charge is -2.16. The zero-order chi connectivity index (χ0) is 19.1. The molecule has 1 aliphatic rings. The molecule has 6 nitrogen and oxygen atoms in total. The zero-order valence-electron chi connectivity index (χ0n) is 16.7. The lowest BCUT2D eigenvalue weighted by Crippen LogP contribution is -2.23. The molecule has 8 heteroatoms. The van der Waals surface area contributed by atoms with Crippen LogP contribution in [-0.2, 0) is 12.8 Å². The van der Waals surface area contributed by atoms with Gasteiger partial charge in [-0.3, -0.25) is 4.99 Å². The molecule has 1 aromatic carbocycles. The molecule has 3 N–H and O–H groups in total. The third-order valence-electron chi connectivity index (χ3n) is 5.06. The van der Waals surface area contributed by atoms with Crippen LogP contribution in [0.3, 0.4) is 0 Å². The van der Waals surface area contributed by atoms with Gasteiger partial charge in [0.15, 0.2) is 11.1 Å². The van der Waals surface area contributed by atoms with Gasteiger partial charge in [-0.15, -0.1) is 34.2 Å². The molecule has 0 amide bonds. The summed E-state index contributed by atoms with van der Waals surface area (Å²) in [6.45, 7) is 2.82. The van der Waals surface area contributed by atoms with Crippen LogP contribution < -0.4 is 11.1 Å². The second-order valence-corrected chi connectivity index (χ2v) is 7.73. The van der Waals surface area contributed by atoms with Gasteiger partial charge >= 0.3 is 0 Å². The predicted molar refractivity (Wildman–Crippen MR) is 129 cm³/mol. The lowest BCUT2D eigenvalue weighted by atomic mass is 10.1. The molecule has 0 bridgehead atoms. The number of nitrogens with two attached hydrogens (primary N) is 1. The zero-order valence-corrected chi connectivity index (χ0v) is 19.9. The first-order valence-corrected chi connectivity index (χ1v) is 11.1. The minimum Gasteiger partial charge on any atom is -0.370 e. The predicted octanol–water partition coefficient (Wildman–Crippen LogP) is 4.65. The van der Waals surface area contributed by atoms with Crippen molar-refractivity contribution in [2.24, 2.45) is 10.7 Å². The number of hydrogen-bond acceptors (Lipinski definition) is 4. The van der Waals surface area contributed by atoms with Crippen molar-refractivity contribution >= 4 is 47.4 Å². The normalized spacial score (nSPS) is 14.9. The van der Waals surface area contributed by atoms with Gasteiger partial charge in [0.25, 0.3) is 0 Å². The Kier molecular flexibility index (Phi) is 9.57. The van der Waals surface area contributed by atoms with Crippen LogP contribution in [-0.4, -0.2) is 33.5 Å². The highest BCUT2D eigenvalue weighted by Gasteiger charge is 2.23. The van der Waals surface area contributed by atoms with Gasteiger partial charge in [-0.05, 0) is 49.6 Å². The molecule has 28 heavy (non-hydrogen) atoms. The molecule has 0 radical (unpaired) electrons. The van der Waals surface area contributed by atoms with Crippen LogP contribution in [0.25, 0.3) is 0 Å². The van der Waals surface area contributed by atoms with Gasteiger partial charge in [-0.25, -0.2) is 0 Å². The highest BCUT2D eigenvalue weighted by atomic mass is 127. The summed E-state index contributed by atoms with van der Waals surface area (Å²) in [5.41, 5.74) is 8.30.